The topological polar surface area (TPSA) is 35.2 Å². The lowest BCUT2D eigenvalue weighted by molar-refractivity contribution is 0.0214. The highest BCUT2D eigenvalue weighted by atomic mass is 35.5. The highest BCUT2D eigenvalue weighted by Gasteiger charge is 2.24. The molecule has 0 unspecified atom stereocenters. The standard InChI is InChI=1S/C10H12ClNO/c1-6-10(12)7-3-2-4-9(11)8(7)5-13-6/h2-4,6,10H,5,12H2,1H3/t6-,10+/m1/s1. The molecule has 1 aromatic carbocycles. The Bertz CT molecular complexity index is 327. The molecule has 0 saturated heterocycles. The summed E-state index contributed by atoms with van der Waals surface area (Å²) in [5.74, 6) is 0. The van der Waals surface area contributed by atoms with Crippen LogP contribution in [0.2, 0.25) is 5.02 Å². The maximum absolute atomic E-state index is 6.02. The molecule has 2 N–H and O–H groups in total. The molecular weight excluding hydrogens is 186 g/mol. The van der Waals surface area contributed by atoms with Gasteiger partial charge in [0.25, 0.3) is 0 Å². The number of halogens is 1. The van der Waals surface area contributed by atoms with Gasteiger partial charge in [0, 0.05) is 10.6 Å². The van der Waals surface area contributed by atoms with Crippen molar-refractivity contribution in [2.75, 3.05) is 0 Å². The third-order valence-electron chi connectivity index (χ3n) is 2.51. The molecule has 0 bridgehead atoms. The van der Waals surface area contributed by atoms with Crippen LogP contribution >= 0.6 is 11.6 Å². The first kappa shape index (κ1) is 9.00. The second kappa shape index (κ2) is 3.29. The molecule has 1 aliphatic heterocycles. The summed E-state index contributed by atoms with van der Waals surface area (Å²) in [5.41, 5.74) is 8.13. The molecule has 0 aliphatic carbocycles. The van der Waals surface area contributed by atoms with Crippen LogP contribution in [0, 0.1) is 0 Å². The van der Waals surface area contributed by atoms with E-state index in [2.05, 4.69) is 0 Å². The zero-order chi connectivity index (χ0) is 9.42. The van der Waals surface area contributed by atoms with Gasteiger partial charge in [0.2, 0.25) is 0 Å². The molecule has 2 atom stereocenters. The van der Waals surface area contributed by atoms with Crippen LogP contribution in [0.5, 0.6) is 0 Å². The second-order valence-corrected chi connectivity index (χ2v) is 3.76. The van der Waals surface area contributed by atoms with E-state index in [1.807, 2.05) is 25.1 Å². The Morgan fingerprint density at radius 2 is 2.31 bits per heavy atom. The molecule has 13 heavy (non-hydrogen) atoms. The third kappa shape index (κ3) is 1.46. The Morgan fingerprint density at radius 3 is 3.08 bits per heavy atom. The summed E-state index contributed by atoms with van der Waals surface area (Å²) in [5, 5.41) is 0.750. The molecule has 1 heterocycles. The van der Waals surface area contributed by atoms with Crippen LogP contribution in [-0.4, -0.2) is 6.10 Å². The van der Waals surface area contributed by atoms with Crippen molar-refractivity contribution in [1.29, 1.82) is 0 Å². The van der Waals surface area contributed by atoms with Crippen molar-refractivity contribution < 1.29 is 4.74 Å². The smallest absolute Gasteiger partial charge is 0.0744 e. The van der Waals surface area contributed by atoms with E-state index in [1.165, 1.54) is 0 Å². The van der Waals surface area contributed by atoms with Gasteiger partial charge in [0.1, 0.15) is 0 Å². The number of nitrogens with two attached hydrogens (primary N) is 1. The maximum atomic E-state index is 6.02. The van der Waals surface area contributed by atoms with Crippen LogP contribution in [0.25, 0.3) is 0 Å². The van der Waals surface area contributed by atoms with Gasteiger partial charge in [0.15, 0.2) is 0 Å². The summed E-state index contributed by atoms with van der Waals surface area (Å²) < 4.78 is 5.49. The molecule has 70 valence electrons. The minimum Gasteiger partial charge on any atom is -0.372 e. The summed E-state index contributed by atoms with van der Waals surface area (Å²) in [7, 11) is 0. The van der Waals surface area contributed by atoms with Gasteiger partial charge < -0.3 is 10.5 Å². The van der Waals surface area contributed by atoms with Gasteiger partial charge in [-0.1, -0.05) is 23.7 Å². The lowest BCUT2D eigenvalue weighted by Gasteiger charge is -2.29. The minimum absolute atomic E-state index is 0.0533. The number of benzene rings is 1. The van der Waals surface area contributed by atoms with E-state index in [-0.39, 0.29) is 12.1 Å². The van der Waals surface area contributed by atoms with Gasteiger partial charge in [-0.2, -0.15) is 0 Å². The van der Waals surface area contributed by atoms with E-state index in [1.54, 1.807) is 0 Å². The molecule has 1 aliphatic rings. The zero-order valence-electron chi connectivity index (χ0n) is 7.46. The fraction of sp³-hybridized carbons (Fsp3) is 0.400. The fourth-order valence-electron chi connectivity index (χ4n) is 1.61. The second-order valence-electron chi connectivity index (χ2n) is 3.35. The van der Waals surface area contributed by atoms with Gasteiger partial charge in [-0.05, 0) is 18.6 Å². The normalized spacial score (nSPS) is 27.0. The molecule has 3 heteroatoms. The first-order valence-corrected chi connectivity index (χ1v) is 4.72. The van der Waals surface area contributed by atoms with Crippen LogP contribution < -0.4 is 5.73 Å². The molecule has 0 radical (unpaired) electrons. The predicted octanol–water partition coefficient (Wildman–Crippen LogP) is 2.26. The average Bonchev–Trinajstić information content (AvgIpc) is 2.12. The number of hydrogen-bond donors (Lipinski definition) is 1. The first-order chi connectivity index (χ1) is 6.20. The molecule has 2 rings (SSSR count). The van der Waals surface area contributed by atoms with Gasteiger partial charge >= 0.3 is 0 Å². The van der Waals surface area contributed by atoms with Crippen molar-refractivity contribution in [2.45, 2.75) is 25.7 Å². The number of hydrogen-bond acceptors (Lipinski definition) is 2. The van der Waals surface area contributed by atoms with Gasteiger partial charge in [-0.25, -0.2) is 0 Å². The maximum Gasteiger partial charge on any atom is 0.0744 e. The molecule has 0 amide bonds. The van der Waals surface area contributed by atoms with Crippen molar-refractivity contribution in [3.63, 3.8) is 0 Å². The monoisotopic (exact) mass is 197 g/mol. The summed E-state index contributed by atoms with van der Waals surface area (Å²) in [6.45, 7) is 2.55. The SMILES string of the molecule is C[C@H]1OCc2c(Cl)cccc2[C@H]1N. The molecule has 1 aromatic rings. The van der Waals surface area contributed by atoms with E-state index < -0.39 is 0 Å². The molecule has 0 aromatic heterocycles. The predicted molar refractivity (Wildman–Crippen MR) is 52.6 cm³/mol. The van der Waals surface area contributed by atoms with Crippen molar-refractivity contribution in [1.82, 2.24) is 0 Å². The van der Waals surface area contributed by atoms with Crippen molar-refractivity contribution in [3.05, 3.63) is 34.3 Å². The Labute approximate surface area is 82.6 Å². The molecule has 2 nitrogen and oxygen atoms in total. The number of ether oxygens (including phenoxy) is 1. The Kier molecular flexibility index (Phi) is 2.28. The summed E-state index contributed by atoms with van der Waals surface area (Å²) in [6.07, 6.45) is 0.0750. The van der Waals surface area contributed by atoms with E-state index in [0.717, 1.165) is 16.1 Å². The summed E-state index contributed by atoms with van der Waals surface area (Å²) in [6, 6.07) is 5.76. The lowest BCUT2D eigenvalue weighted by atomic mass is 9.95. The fourth-order valence-corrected chi connectivity index (χ4v) is 1.85. The Morgan fingerprint density at radius 1 is 1.54 bits per heavy atom. The Balaban J connectivity index is 2.49. The van der Waals surface area contributed by atoms with Crippen molar-refractivity contribution >= 4 is 11.6 Å². The molecule has 0 spiro atoms. The largest absolute Gasteiger partial charge is 0.372 e. The van der Waals surface area contributed by atoms with Gasteiger partial charge in [-0.3, -0.25) is 0 Å². The quantitative estimate of drug-likeness (QED) is 0.693. The van der Waals surface area contributed by atoms with Crippen LogP contribution in [0.3, 0.4) is 0 Å². The highest BCUT2D eigenvalue weighted by molar-refractivity contribution is 6.31. The average molecular weight is 198 g/mol. The van der Waals surface area contributed by atoms with Crippen LogP contribution in [0.1, 0.15) is 24.1 Å². The van der Waals surface area contributed by atoms with Crippen molar-refractivity contribution in [2.24, 2.45) is 5.73 Å². The highest BCUT2D eigenvalue weighted by Crippen LogP contribution is 2.31. The van der Waals surface area contributed by atoms with Crippen LogP contribution in [-0.2, 0) is 11.3 Å². The molecular formula is C10H12ClNO. The first-order valence-electron chi connectivity index (χ1n) is 4.34. The van der Waals surface area contributed by atoms with E-state index in [0.29, 0.717) is 6.61 Å². The third-order valence-corrected chi connectivity index (χ3v) is 2.86. The van der Waals surface area contributed by atoms with Crippen LogP contribution in [0.4, 0.5) is 0 Å². The zero-order valence-corrected chi connectivity index (χ0v) is 8.21. The lowest BCUT2D eigenvalue weighted by Crippen LogP contribution is -2.31. The van der Waals surface area contributed by atoms with Crippen LogP contribution in [0.15, 0.2) is 18.2 Å². The summed E-state index contributed by atoms with van der Waals surface area (Å²) >= 11 is 6.02. The van der Waals surface area contributed by atoms with Gasteiger partial charge in [-0.15, -0.1) is 0 Å². The van der Waals surface area contributed by atoms with Gasteiger partial charge in [0.05, 0.1) is 18.8 Å². The van der Waals surface area contributed by atoms with E-state index >= 15 is 0 Å². The van der Waals surface area contributed by atoms with E-state index in [4.69, 9.17) is 22.1 Å². The molecule has 0 saturated carbocycles. The van der Waals surface area contributed by atoms with Crippen molar-refractivity contribution in [3.8, 4) is 0 Å². The minimum atomic E-state index is -0.0533. The number of fused-ring (bicyclic) bond motifs is 1. The number of rotatable bonds is 0. The Hall–Kier alpha value is -0.570. The van der Waals surface area contributed by atoms with E-state index in [9.17, 15) is 0 Å². The molecule has 0 fully saturated rings. The summed E-state index contributed by atoms with van der Waals surface area (Å²) in [4.78, 5) is 0.